The van der Waals surface area contributed by atoms with Gasteiger partial charge < -0.3 is 14.8 Å². The summed E-state index contributed by atoms with van der Waals surface area (Å²) < 4.78 is 39.0. The number of benzene rings is 3. The Morgan fingerprint density at radius 2 is 1.66 bits per heavy atom. The first-order valence-electron chi connectivity index (χ1n) is 9.18. The van der Waals surface area contributed by atoms with E-state index in [1.54, 1.807) is 12.1 Å². The molecule has 0 aliphatic rings. The van der Waals surface area contributed by atoms with Crippen LogP contribution in [0.5, 0.6) is 11.5 Å². The summed E-state index contributed by atoms with van der Waals surface area (Å²) in [7, 11) is 0. The number of hydrogen-bond donors (Lipinski definition) is 1. The molecular formula is C23H21F2NO3. The molecule has 0 atom stereocenters. The predicted molar refractivity (Wildman–Crippen MR) is 107 cm³/mol. The van der Waals surface area contributed by atoms with Gasteiger partial charge in [0.05, 0.1) is 6.61 Å². The van der Waals surface area contributed by atoms with Crippen LogP contribution in [0, 0.1) is 18.6 Å². The highest BCUT2D eigenvalue weighted by molar-refractivity contribution is 6.04. The van der Waals surface area contributed by atoms with E-state index in [1.165, 1.54) is 12.1 Å². The van der Waals surface area contributed by atoms with Crippen molar-refractivity contribution in [1.82, 2.24) is 0 Å². The lowest BCUT2D eigenvalue weighted by atomic mass is 10.1. The van der Waals surface area contributed by atoms with Gasteiger partial charge in [0, 0.05) is 11.1 Å². The van der Waals surface area contributed by atoms with Gasteiger partial charge in [0.1, 0.15) is 35.4 Å². The van der Waals surface area contributed by atoms with Crippen LogP contribution in [0.2, 0.25) is 0 Å². The standard InChI is InChI=1S/C23H21F2NO3/c1-3-28-21-12-9-16(23(27)26-22-19(24)5-4-6-20(22)25)13-17(21)14-29-18-10-7-15(2)8-11-18/h4-13H,3,14H2,1-2H3,(H,26,27). The molecule has 1 amide bonds. The zero-order valence-electron chi connectivity index (χ0n) is 16.2. The third-order valence-corrected chi connectivity index (χ3v) is 4.24. The molecule has 0 radical (unpaired) electrons. The highest BCUT2D eigenvalue weighted by Gasteiger charge is 2.15. The molecule has 3 aromatic rings. The van der Waals surface area contributed by atoms with E-state index in [0.717, 1.165) is 17.7 Å². The van der Waals surface area contributed by atoms with Gasteiger partial charge in [-0.05, 0) is 56.3 Å². The van der Waals surface area contributed by atoms with E-state index in [2.05, 4.69) is 5.32 Å². The first-order chi connectivity index (χ1) is 14.0. The lowest BCUT2D eigenvalue weighted by Crippen LogP contribution is -2.15. The summed E-state index contributed by atoms with van der Waals surface area (Å²) in [5.74, 6) is -1.05. The maximum atomic E-state index is 13.8. The normalized spacial score (nSPS) is 10.5. The summed E-state index contributed by atoms with van der Waals surface area (Å²) in [5.41, 5.74) is 1.52. The summed E-state index contributed by atoms with van der Waals surface area (Å²) in [6.07, 6.45) is 0. The number of aryl methyl sites for hydroxylation is 1. The van der Waals surface area contributed by atoms with Gasteiger partial charge in [-0.25, -0.2) is 8.78 Å². The van der Waals surface area contributed by atoms with Crippen LogP contribution < -0.4 is 14.8 Å². The minimum atomic E-state index is -0.841. The average Bonchev–Trinajstić information content (AvgIpc) is 2.71. The number of hydrogen-bond acceptors (Lipinski definition) is 3. The lowest BCUT2D eigenvalue weighted by molar-refractivity contribution is 0.102. The first kappa shape index (κ1) is 20.3. The molecule has 3 aromatic carbocycles. The van der Waals surface area contributed by atoms with Crippen LogP contribution in [0.3, 0.4) is 0 Å². The zero-order chi connectivity index (χ0) is 20.8. The second-order valence-electron chi connectivity index (χ2n) is 6.41. The van der Waals surface area contributed by atoms with Crippen LogP contribution in [0.15, 0.2) is 60.7 Å². The van der Waals surface area contributed by atoms with Crippen LogP contribution in [0.4, 0.5) is 14.5 Å². The van der Waals surface area contributed by atoms with Gasteiger partial charge >= 0.3 is 0 Å². The van der Waals surface area contributed by atoms with Crippen molar-refractivity contribution in [3.63, 3.8) is 0 Å². The van der Waals surface area contributed by atoms with Crippen LogP contribution in [-0.4, -0.2) is 12.5 Å². The van der Waals surface area contributed by atoms with Gasteiger partial charge in [-0.2, -0.15) is 0 Å². The molecule has 0 heterocycles. The van der Waals surface area contributed by atoms with Crippen molar-refractivity contribution in [2.45, 2.75) is 20.5 Å². The molecule has 0 saturated heterocycles. The van der Waals surface area contributed by atoms with Crippen molar-refractivity contribution >= 4 is 11.6 Å². The second-order valence-corrected chi connectivity index (χ2v) is 6.41. The zero-order valence-corrected chi connectivity index (χ0v) is 16.2. The monoisotopic (exact) mass is 397 g/mol. The third kappa shape index (κ3) is 5.10. The molecule has 1 N–H and O–H groups in total. The van der Waals surface area contributed by atoms with E-state index < -0.39 is 23.2 Å². The quantitative estimate of drug-likeness (QED) is 0.572. The maximum absolute atomic E-state index is 13.8. The molecule has 0 fully saturated rings. The van der Waals surface area contributed by atoms with Crippen molar-refractivity contribution in [3.8, 4) is 11.5 Å². The van der Waals surface area contributed by atoms with Gasteiger partial charge in [0.25, 0.3) is 5.91 Å². The molecule has 0 aliphatic heterocycles. The fourth-order valence-electron chi connectivity index (χ4n) is 2.73. The second kappa shape index (κ2) is 9.19. The van der Waals surface area contributed by atoms with Gasteiger partial charge in [-0.15, -0.1) is 0 Å². The van der Waals surface area contributed by atoms with Gasteiger partial charge in [-0.3, -0.25) is 4.79 Å². The highest BCUT2D eigenvalue weighted by atomic mass is 19.1. The van der Waals surface area contributed by atoms with Crippen molar-refractivity contribution in [1.29, 1.82) is 0 Å². The Hall–Kier alpha value is -3.41. The Labute approximate surface area is 168 Å². The fourth-order valence-corrected chi connectivity index (χ4v) is 2.73. The summed E-state index contributed by atoms with van der Waals surface area (Å²) >= 11 is 0. The number of amides is 1. The van der Waals surface area contributed by atoms with Crippen LogP contribution in [0.25, 0.3) is 0 Å². The Morgan fingerprint density at radius 3 is 2.31 bits per heavy atom. The van der Waals surface area contributed by atoms with E-state index in [1.807, 2.05) is 38.1 Å². The Bertz CT molecular complexity index is 983. The van der Waals surface area contributed by atoms with E-state index in [4.69, 9.17) is 9.47 Å². The molecule has 0 spiro atoms. The van der Waals surface area contributed by atoms with Crippen LogP contribution in [0.1, 0.15) is 28.4 Å². The van der Waals surface area contributed by atoms with Crippen molar-refractivity contribution < 1.29 is 23.0 Å². The number of para-hydroxylation sites is 1. The Morgan fingerprint density at radius 1 is 0.966 bits per heavy atom. The third-order valence-electron chi connectivity index (χ3n) is 4.24. The number of ether oxygens (including phenoxy) is 2. The molecule has 150 valence electrons. The summed E-state index contributed by atoms with van der Waals surface area (Å²) in [6.45, 7) is 4.46. The number of anilines is 1. The summed E-state index contributed by atoms with van der Waals surface area (Å²) in [4.78, 5) is 12.5. The van der Waals surface area contributed by atoms with E-state index >= 15 is 0 Å². The Kier molecular flexibility index (Phi) is 6.44. The van der Waals surface area contributed by atoms with Crippen LogP contribution >= 0.6 is 0 Å². The number of nitrogens with one attached hydrogen (secondary N) is 1. The van der Waals surface area contributed by atoms with Gasteiger partial charge in [0.2, 0.25) is 0 Å². The fraction of sp³-hybridized carbons (Fsp3) is 0.174. The molecule has 0 aromatic heterocycles. The topological polar surface area (TPSA) is 47.6 Å². The molecule has 0 saturated carbocycles. The van der Waals surface area contributed by atoms with Crippen molar-refractivity contribution in [2.24, 2.45) is 0 Å². The molecule has 6 heteroatoms. The molecule has 3 rings (SSSR count). The summed E-state index contributed by atoms with van der Waals surface area (Å²) in [6, 6.07) is 15.7. The molecule has 0 unspecified atom stereocenters. The Balaban J connectivity index is 1.81. The molecule has 0 aliphatic carbocycles. The van der Waals surface area contributed by atoms with E-state index in [9.17, 15) is 13.6 Å². The maximum Gasteiger partial charge on any atom is 0.255 e. The molecular weight excluding hydrogens is 376 g/mol. The van der Waals surface area contributed by atoms with Gasteiger partial charge in [0.15, 0.2) is 0 Å². The molecule has 4 nitrogen and oxygen atoms in total. The molecule has 29 heavy (non-hydrogen) atoms. The largest absolute Gasteiger partial charge is 0.493 e. The number of carbonyl (C=O) groups is 1. The number of rotatable bonds is 7. The smallest absolute Gasteiger partial charge is 0.255 e. The minimum absolute atomic E-state index is 0.174. The minimum Gasteiger partial charge on any atom is -0.493 e. The van der Waals surface area contributed by atoms with Crippen molar-refractivity contribution in [2.75, 3.05) is 11.9 Å². The highest BCUT2D eigenvalue weighted by Crippen LogP contribution is 2.24. The van der Waals surface area contributed by atoms with Crippen LogP contribution in [-0.2, 0) is 6.61 Å². The summed E-state index contributed by atoms with van der Waals surface area (Å²) in [5, 5.41) is 2.28. The van der Waals surface area contributed by atoms with Crippen molar-refractivity contribution in [3.05, 3.63) is 89.0 Å². The van der Waals surface area contributed by atoms with E-state index in [0.29, 0.717) is 23.7 Å². The lowest BCUT2D eigenvalue weighted by Gasteiger charge is -2.14. The SMILES string of the molecule is CCOc1ccc(C(=O)Nc2c(F)cccc2F)cc1COc1ccc(C)cc1. The van der Waals surface area contributed by atoms with E-state index in [-0.39, 0.29) is 12.2 Å². The average molecular weight is 397 g/mol. The number of carbonyl (C=O) groups excluding carboxylic acids is 1. The molecule has 0 bridgehead atoms. The van der Waals surface area contributed by atoms with Gasteiger partial charge in [-0.1, -0.05) is 23.8 Å². The predicted octanol–water partition coefficient (Wildman–Crippen LogP) is 5.50. The first-order valence-corrected chi connectivity index (χ1v) is 9.18. The number of halogens is 2.